The molecule has 2 aliphatic rings. The molecule has 0 spiro atoms. The molecule has 0 aromatic heterocycles. The Bertz CT molecular complexity index is 924. The van der Waals surface area contributed by atoms with Crippen molar-refractivity contribution in [2.24, 2.45) is 0 Å². The zero-order valence-corrected chi connectivity index (χ0v) is 16.3. The topological polar surface area (TPSA) is 82.1 Å². The molecule has 0 fully saturated rings. The summed E-state index contributed by atoms with van der Waals surface area (Å²) in [4.78, 5) is 25.6. The Morgan fingerprint density at radius 1 is 0.793 bits per heavy atom. The van der Waals surface area contributed by atoms with E-state index in [4.69, 9.17) is 14.2 Å². The van der Waals surface area contributed by atoms with E-state index < -0.39 is 11.9 Å². The van der Waals surface area contributed by atoms with Gasteiger partial charge in [-0.2, -0.15) is 0 Å². The normalized spacial score (nSPS) is 10.6. The van der Waals surface area contributed by atoms with E-state index in [0.717, 1.165) is 0 Å². The van der Waals surface area contributed by atoms with Crippen LogP contribution in [0.15, 0.2) is 54.6 Å². The average Bonchev–Trinajstić information content (AvgIpc) is 2.91. The van der Waals surface area contributed by atoms with Gasteiger partial charge in [-0.1, -0.05) is 18.2 Å². The lowest BCUT2D eigenvalue weighted by atomic mass is 10.1. The number of ether oxygens (including phenoxy) is 3. The first-order valence-corrected chi connectivity index (χ1v) is 9.36. The summed E-state index contributed by atoms with van der Waals surface area (Å²) in [6.45, 7) is 3.77. The highest BCUT2D eigenvalue weighted by Crippen LogP contribution is 2.39. The van der Waals surface area contributed by atoms with Gasteiger partial charge in [0.25, 0.3) is 0 Å². The minimum atomic E-state index is -0.564. The maximum atomic E-state index is 12.8. The zero-order valence-electron chi connectivity index (χ0n) is 16.3. The van der Waals surface area contributed by atoms with E-state index in [0.29, 0.717) is 22.4 Å². The minimum absolute atomic E-state index is 0.00732. The van der Waals surface area contributed by atoms with E-state index in [9.17, 15) is 14.7 Å². The number of fused-ring (bicyclic) bond motifs is 1. The summed E-state index contributed by atoms with van der Waals surface area (Å²) in [6.07, 6.45) is 0. The van der Waals surface area contributed by atoms with Crippen molar-refractivity contribution in [1.29, 1.82) is 0 Å². The first-order valence-electron chi connectivity index (χ1n) is 9.36. The van der Waals surface area contributed by atoms with Gasteiger partial charge in [0, 0.05) is 5.56 Å². The Morgan fingerprint density at radius 2 is 1.31 bits per heavy atom. The van der Waals surface area contributed by atoms with Gasteiger partial charge in [-0.15, -0.1) is 0 Å². The van der Waals surface area contributed by atoms with Crippen LogP contribution in [0.4, 0.5) is 0 Å². The monoisotopic (exact) mass is 394 g/mol. The third-order valence-corrected chi connectivity index (χ3v) is 4.36. The fourth-order valence-electron chi connectivity index (χ4n) is 3.15. The van der Waals surface area contributed by atoms with Crippen molar-refractivity contribution >= 4 is 11.9 Å². The number of carbonyl (C=O) groups excluding carboxylic acids is 2. The smallest absolute Gasteiger partial charge is 0.339 e. The Labute approximate surface area is 169 Å². The molecule has 0 saturated heterocycles. The van der Waals surface area contributed by atoms with Gasteiger partial charge in [0.15, 0.2) is 0 Å². The van der Waals surface area contributed by atoms with Crippen LogP contribution in [-0.4, -0.2) is 30.3 Å². The molecule has 0 saturated carbocycles. The van der Waals surface area contributed by atoms with Crippen molar-refractivity contribution in [1.82, 2.24) is 0 Å². The van der Waals surface area contributed by atoms with Crippen LogP contribution in [0.5, 0.6) is 11.5 Å². The van der Waals surface area contributed by atoms with E-state index in [1.54, 1.807) is 38.1 Å². The van der Waals surface area contributed by atoms with Gasteiger partial charge < -0.3 is 19.3 Å². The summed E-state index contributed by atoms with van der Waals surface area (Å²) in [5, 5.41) is 9.85. The maximum absolute atomic E-state index is 12.8. The van der Waals surface area contributed by atoms with Crippen molar-refractivity contribution in [3.8, 4) is 22.6 Å². The number of aromatic hydroxyl groups is 1. The summed E-state index contributed by atoms with van der Waals surface area (Å²) in [5.41, 5.74) is 1.83. The highest BCUT2D eigenvalue weighted by molar-refractivity contribution is 6.10. The zero-order chi connectivity index (χ0) is 20.8. The molecule has 0 radical (unpaired) electrons. The molecule has 1 aromatic carbocycles. The molecule has 0 bridgehead atoms. The van der Waals surface area contributed by atoms with Crippen LogP contribution >= 0.6 is 0 Å². The Balaban J connectivity index is 2.19. The number of esters is 2. The van der Waals surface area contributed by atoms with Crippen LogP contribution < -0.4 is 4.74 Å². The summed E-state index contributed by atoms with van der Waals surface area (Å²) < 4.78 is 16.3. The van der Waals surface area contributed by atoms with Gasteiger partial charge in [-0.05, 0) is 61.4 Å². The lowest BCUT2D eigenvalue weighted by Gasteiger charge is -2.10. The highest BCUT2D eigenvalue weighted by atomic mass is 16.5. The summed E-state index contributed by atoms with van der Waals surface area (Å²) in [5.74, 6) is -0.519. The van der Waals surface area contributed by atoms with E-state index in [1.807, 2.05) is 18.2 Å². The minimum Gasteiger partial charge on any atom is -0.508 e. The second kappa shape index (κ2) is 9.10. The van der Waals surface area contributed by atoms with Crippen LogP contribution in [-0.2, 0) is 16.1 Å². The predicted molar refractivity (Wildman–Crippen MR) is 107 cm³/mol. The van der Waals surface area contributed by atoms with Crippen molar-refractivity contribution in [3.05, 3.63) is 71.3 Å². The van der Waals surface area contributed by atoms with Crippen molar-refractivity contribution in [3.63, 3.8) is 0 Å². The largest absolute Gasteiger partial charge is 0.508 e. The van der Waals surface area contributed by atoms with Gasteiger partial charge in [-0.25, -0.2) is 9.59 Å². The molecule has 0 aliphatic heterocycles. The molecular formula is C23H22O6. The molecule has 0 amide bonds. The van der Waals surface area contributed by atoms with E-state index in [2.05, 4.69) is 0 Å². The molecule has 0 atom stereocenters. The molecule has 6 heteroatoms. The first kappa shape index (κ1) is 20.2. The number of carbonyl (C=O) groups is 2. The molecule has 3 rings (SSSR count). The number of para-hydroxylation sites is 1. The second-order valence-corrected chi connectivity index (χ2v) is 6.19. The SMILES string of the molecule is CCOC(=O)c1c2ccc(O)ccc-2c(C(=O)OCC)c1COc1ccccc1. The number of hydrogen-bond acceptors (Lipinski definition) is 6. The van der Waals surface area contributed by atoms with Crippen LogP contribution in [0, 0.1) is 0 Å². The molecule has 0 unspecified atom stereocenters. The van der Waals surface area contributed by atoms with Crippen LogP contribution in [0.25, 0.3) is 11.1 Å². The molecule has 0 heterocycles. The lowest BCUT2D eigenvalue weighted by Crippen LogP contribution is -2.12. The van der Waals surface area contributed by atoms with Gasteiger partial charge in [0.05, 0.1) is 24.3 Å². The quantitative estimate of drug-likeness (QED) is 0.597. The first-order chi connectivity index (χ1) is 14.1. The molecule has 29 heavy (non-hydrogen) atoms. The fraction of sp³-hybridized carbons (Fsp3) is 0.217. The third kappa shape index (κ3) is 4.32. The number of benzene rings is 1. The number of rotatable bonds is 7. The Hall–Kier alpha value is -3.54. The molecule has 2 aliphatic carbocycles. The Morgan fingerprint density at radius 3 is 1.79 bits per heavy atom. The lowest BCUT2D eigenvalue weighted by molar-refractivity contribution is 0.0524. The standard InChI is InChI=1S/C23H22O6/c1-3-27-22(25)20-17-12-10-15(24)11-13-18(17)21(23(26)28-4-2)19(20)14-29-16-8-6-5-7-9-16/h5-13,24H,3-4,14H2,1-2H3. The average molecular weight is 394 g/mol. The predicted octanol–water partition coefficient (Wildman–Crippen LogP) is 4.43. The van der Waals surface area contributed by atoms with Crippen molar-refractivity contribution < 1.29 is 28.9 Å². The van der Waals surface area contributed by atoms with Crippen LogP contribution in [0.3, 0.4) is 0 Å². The Kier molecular flexibility index (Phi) is 6.34. The van der Waals surface area contributed by atoms with E-state index in [-0.39, 0.29) is 36.7 Å². The summed E-state index contributed by atoms with van der Waals surface area (Å²) in [6, 6.07) is 15.2. The second-order valence-electron chi connectivity index (χ2n) is 6.19. The van der Waals surface area contributed by atoms with Crippen molar-refractivity contribution in [2.75, 3.05) is 13.2 Å². The number of hydrogen-bond donors (Lipinski definition) is 1. The molecule has 6 nitrogen and oxygen atoms in total. The van der Waals surface area contributed by atoms with Crippen molar-refractivity contribution in [2.45, 2.75) is 20.5 Å². The highest BCUT2D eigenvalue weighted by Gasteiger charge is 2.32. The summed E-state index contributed by atoms with van der Waals surface area (Å²) >= 11 is 0. The van der Waals surface area contributed by atoms with Gasteiger partial charge in [0.1, 0.15) is 18.1 Å². The molecular weight excluding hydrogens is 372 g/mol. The van der Waals surface area contributed by atoms with Crippen LogP contribution in [0.1, 0.15) is 40.1 Å². The van der Waals surface area contributed by atoms with E-state index >= 15 is 0 Å². The van der Waals surface area contributed by atoms with Crippen LogP contribution in [0.2, 0.25) is 0 Å². The third-order valence-electron chi connectivity index (χ3n) is 4.36. The maximum Gasteiger partial charge on any atom is 0.339 e. The summed E-state index contributed by atoms with van der Waals surface area (Å²) in [7, 11) is 0. The van der Waals surface area contributed by atoms with Gasteiger partial charge in [-0.3, -0.25) is 0 Å². The van der Waals surface area contributed by atoms with Gasteiger partial charge >= 0.3 is 11.9 Å². The molecule has 1 N–H and O–H groups in total. The molecule has 1 aromatic rings. The molecule has 150 valence electrons. The van der Waals surface area contributed by atoms with E-state index in [1.165, 1.54) is 12.1 Å². The fourth-order valence-corrected chi connectivity index (χ4v) is 3.15. The van der Waals surface area contributed by atoms with Gasteiger partial charge in [0.2, 0.25) is 0 Å².